The second kappa shape index (κ2) is 59.2. The minimum absolute atomic E-state index is 0.0898. The van der Waals surface area contributed by atoms with E-state index in [1.807, 2.05) is 0 Å². The van der Waals surface area contributed by atoms with Gasteiger partial charge in [-0.3, -0.25) is 14.4 Å². The summed E-state index contributed by atoms with van der Waals surface area (Å²) >= 11 is 0. The van der Waals surface area contributed by atoms with Gasteiger partial charge in [0.15, 0.2) is 6.10 Å². The van der Waals surface area contributed by atoms with E-state index in [1.165, 1.54) is 154 Å². The van der Waals surface area contributed by atoms with E-state index in [2.05, 4.69) is 106 Å². The summed E-state index contributed by atoms with van der Waals surface area (Å²) in [5.74, 6) is -0.930. The van der Waals surface area contributed by atoms with Gasteiger partial charge in [0.2, 0.25) is 0 Å². The Bertz CT molecular complexity index is 1370. The van der Waals surface area contributed by atoms with Gasteiger partial charge in [-0.2, -0.15) is 0 Å². The van der Waals surface area contributed by atoms with Crippen LogP contribution < -0.4 is 0 Å². The topological polar surface area (TPSA) is 78.9 Å². The Kier molecular flexibility index (Phi) is 56.3. The fourth-order valence-corrected chi connectivity index (χ4v) is 8.38. The lowest BCUT2D eigenvalue weighted by Crippen LogP contribution is -2.30. The van der Waals surface area contributed by atoms with Gasteiger partial charge in [0.1, 0.15) is 13.2 Å². The van der Waals surface area contributed by atoms with Crippen LogP contribution in [0.15, 0.2) is 85.1 Å². The van der Waals surface area contributed by atoms with E-state index >= 15 is 0 Å². The Morgan fingerprint density at radius 2 is 0.549 bits per heavy atom. The first kappa shape index (κ1) is 67.6. The summed E-state index contributed by atoms with van der Waals surface area (Å²) in [5.41, 5.74) is 0. The van der Waals surface area contributed by atoms with Crippen molar-refractivity contribution in [2.24, 2.45) is 0 Å². The van der Waals surface area contributed by atoms with Gasteiger partial charge in [-0.15, -0.1) is 0 Å². The highest BCUT2D eigenvalue weighted by Gasteiger charge is 2.19. The maximum absolute atomic E-state index is 12.9. The van der Waals surface area contributed by atoms with Crippen LogP contribution in [0.4, 0.5) is 0 Å². The summed E-state index contributed by atoms with van der Waals surface area (Å²) in [7, 11) is 0. The van der Waals surface area contributed by atoms with Crippen molar-refractivity contribution < 1.29 is 28.6 Å². The van der Waals surface area contributed by atoms with Crippen molar-refractivity contribution in [2.45, 2.75) is 297 Å². The molecule has 408 valence electrons. The van der Waals surface area contributed by atoms with Gasteiger partial charge in [-0.1, -0.05) is 260 Å². The molecule has 0 aliphatic carbocycles. The van der Waals surface area contributed by atoms with Crippen LogP contribution in [0.3, 0.4) is 0 Å². The Labute approximate surface area is 439 Å². The molecule has 0 aromatic rings. The predicted molar refractivity (Wildman–Crippen MR) is 307 cm³/mol. The third-order valence-electron chi connectivity index (χ3n) is 12.9. The van der Waals surface area contributed by atoms with Crippen LogP contribution in [0.25, 0.3) is 0 Å². The first-order valence-corrected chi connectivity index (χ1v) is 30.1. The molecule has 0 bridgehead atoms. The van der Waals surface area contributed by atoms with E-state index in [0.29, 0.717) is 19.3 Å². The number of ether oxygens (including phenoxy) is 3. The summed E-state index contributed by atoms with van der Waals surface area (Å²) in [6.07, 6.45) is 77.2. The van der Waals surface area contributed by atoms with Crippen LogP contribution in [-0.4, -0.2) is 37.2 Å². The normalized spacial score (nSPS) is 12.7. The SMILES string of the molecule is CC/C=C\C/C=C\C/C=C\C/C=C\C/C=C\C/C=C\CCCCC(=O)OCC(COC(=O)CCCCCCCCCCCCCCCC)OC(=O)CCCCCCCCC/C=C\CCCCCCCCC. The van der Waals surface area contributed by atoms with Gasteiger partial charge in [0.25, 0.3) is 0 Å². The molecule has 0 aliphatic rings. The van der Waals surface area contributed by atoms with Crippen LogP contribution in [-0.2, 0) is 28.6 Å². The molecule has 1 atom stereocenters. The molecule has 0 heterocycles. The van der Waals surface area contributed by atoms with Crippen LogP contribution in [0, 0.1) is 0 Å². The van der Waals surface area contributed by atoms with Crippen molar-refractivity contribution in [1.29, 1.82) is 0 Å². The smallest absolute Gasteiger partial charge is 0.306 e. The van der Waals surface area contributed by atoms with Crippen molar-refractivity contribution in [3.05, 3.63) is 85.1 Å². The molecule has 1 unspecified atom stereocenters. The molecule has 71 heavy (non-hydrogen) atoms. The first-order chi connectivity index (χ1) is 35.0. The van der Waals surface area contributed by atoms with Crippen LogP contribution >= 0.6 is 0 Å². The molecule has 0 rings (SSSR count). The molecule has 6 nitrogen and oxygen atoms in total. The quantitative estimate of drug-likeness (QED) is 0.0261. The maximum atomic E-state index is 12.9. The fraction of sp³-hybridized carbons (Fsp3) is 0.738. The molecule has 0 fully saturated rings. The molecular weight excluding hydrogens is 877 g/mol. The monoisotopic (exact) mass is 989 g/mol. The number of hydrogen-bond donors (Lipinski definition) is 0. The van der Waals surface area contributed by atoms with E-state index in [1.54, 1.807) is 0 Å². The second-order valence-corrected chi connectivity index (χ2v) is 19.9. The van der Waals surface area contributed by atoms with E-state index in [-0.39, 0.29) is 31.1 Å². The molecule has 0 saturated carbocycles. The molecule has 0 saturated heterocycles. The second-order valence-electron chi connectivity index (χ2n) is 19.9. The van der Waals surface area contributed by atoms with Crippen molar-refractivity contribution in [3.63, 3.8) is 0 Å². The van der Waals surface area contributed by atoms with Crippen molar-refractivity contribution >= 4 is 17.9 Å². The van der Waals surface area contributed by atoms with E-state index in [9.17, 15) is 14.4 Å². The summed E-state index contributed by atoms with van der Waals surface area (Å²) < 4.78 is 16.9. The third-order valence-corrected chi connectivity index (χ3v) is 12.9. The Morgan fingerprint density at radius 3 is 0.901 bits per heavy atom. The zero-order valence-corrected chi connectivity index (χ0v) is 46.7. The summed E-state index contributed by atoms with van der Waals surface area (Å²) in [5, 5.41) is 0. The van der Waals surface area contributed by atoms with E-state index in [0.717, 1.165) is 96.3 Å². The first-order valence-electron chi connectivity index (χ1n) is 30.1. The average molecular weight is 990 g/mol. The zero-order valence-electron chi connectivity index (χ0n) is 46.7. The zero-order chi connectivity index (χ0) is 51.4. The lowest BCUT2D eigenvalue weighted by atomic mass is 10.0. The number of carbonyl (C=O) groups is 3. The molecular formula is C65H112O6. The third kappa shape index (κ3) is 57.4. The number of unbranched alkanes of at least 4 members (excludes halogenated alkanes) is 29. The number of carbonyl (C=O) groups excluding carboxylic acids is 3. The van der Waals surface area contributed by atoms with Gasteiger partial charge in [0, 0.05) is 19.3 Å². The standard InChI is InChI=1S/C65H112O6/c1-4-7-10-13-16-19-22-25-28-30-32-33-34-36-37-40-43-46-49-52-55-58-64(67)70-61-62(60-69-63(66)57-54-51-48-45-42-39-27-24-21-18-15-12-9-6-3)71-65(68)59-56-53-50-47-44-41-38-35-31-29-26-23-20-17-14-11-8-5-2/h7,10,16,19,25,28-29,31-33,36-37,43,46,62H,4-6,8-9,11-15,17-18,20-24,26-27,30,34-35,38-42,44-45,47-61H2,1-3H3/b10-7-,19-16-,28-25-,31-29-,33-32-,37-36-,46-43-. The highest BCUT2D eigenvalue weighted by Crippen LogP contribution is 2.16. The molecule has 0 N–H and O–H groups in total. The van der Waals surface area contributed by atoms with Crippen molar-refractivity contribution in [1.82, 2.24) is 0 Å². The van der Waals surface area contributed by atoms with Crippen LogP contribution in [0.5, 0.6) is 0 Å². The summed E-state index contributed by atoms with van der Waals surface area (Å²) in [6.45, 7) is 6.51. The van der Waals surface area contributed by atoms with Gasteiger partial charge < -0.3 is 14.2 Å². The average Bonchev–Trinajstić information content (AvgIpc) is 3.37. The molecule has 0 radical (unpaired) electrons. The molecule has 0 spiro atoms. The molecule has 0 aromatic heterocycles. The lowest BCUT2D eigenvalue weighted by Gasteiger charge is -2.18. The van der Waals surface area contributed by atoms with E-state index < -0.39 is 6.10 Å². The minimum atomic E-state index is -0.796. The fourth-order valence-electron chi connectivity index (χ4n) is 8.38. The predicted octanol–water partition coefficient (Wildman–Crippen LogP) is 20.3. The number of hydrogen-bond acceptors (Lipinski definition) is 6. The molecule has 0 amide bonds. The van der Waals surface area contributed by atoms with Gasteiger partial charge in [0.05, 0.1) is 0 Å². The summed E-state index contributed by atoms with van der Waals surface area (Å²) in [6, 6.07) is 0. The number of allylic oxidation sites excluding steroid dienone is 14. The number of rotatable bonds is 54. The van der Waals surface area contributed by atoms with Gasteiger partial charge in [-0.05, 0) is 96.3 Å². The highest BCUT2D eigenvalue weighted by molar-refractivity contribution is 5.71. The molecule has 6 heteroatoms. The Hall–Kier alpha value is -3.41. The maximum Gasteiger partial charge on any atom is 0.306 e. The van der Waals surface area contributed by atoms with Crippen molar-refractivity contribution in [3.8, 4) is 0 Å². The molecule has 0 aromatic carbocycles. The van der Waals surface area contributed by atoms with Crippen LogP contribution in [0.1, 0.15) is 290 Å². The lowest BCUT2D eigenvalue weighted by molar-refractivity contribution is -0.167. The van der Waals surface area contributed by atoms with E-state index in [4.69, 9.17) is 14.2 Å². The Morgan fingerprint density at radius 1 is 0.296 bits per heavy atom. The minimum Gasteiger partial charge on any atom is -0.462 e. The largest absolute Gasteiger partial charge is 0.462 e. The van der Waals surface area contributed by atoms with Gasteiger partial charge >= 0.3 is 17.9 Å². The molecule has 0 aliphatic heterocycles. The Balaban J connectivity index is 4.45. The van der Waals surface area contributed by atoms with Crippen LogP contribution in [0.2, 0.25) is 0 Å². The highest BCUT2D eigenvalue weighted by atomic mass is 16.6. The van der Waals surface area contributed by atoms with Gasteiger partial charge in [-0.25, -0.2) is 0 Å². The van der Waals surface area contributed by atoms with Crippen molar-refractivity contribution in [2.75, 3.05) is 13.2 Å². The summed E-state index contributed by atoms with van der Waals surface area (Å²) in [4.78, 5) is 38.2. The number of esters is 3.